The van der Waals surface area contributed by atoms with Crippen LogP contribution in [0.2, 0.25) is 5.02 Å². The number of aromatic nitrogens is 2. The topological polar surface area (TPSA) is 62.8 Å². The lowest BCUT2D eigenvalue weighted by Gasteiger charge is -1.96. The van der Waals surface area contributed by atoms with E-state index in [1.807, 2.05) is 0 Å². The lowest BCUT2D eigenvalue weighted by molar-refractivity contribution is 0.599. The zero-order chi connectivity index (χ0) is 11.8. The lowest BCUT2D eigenvalue weighted by Crippen LogP contribution is -1.96. The zero-order valence-electron chi connectivity index (χ0n) is 8.44. The van der Waals surface area contributed by atoms with Crippen molar-refractivity contribution in [2.24, 2.45) is 0 Å². The zero-order valence-corrected chi connectivity index (χ0v) is 10.0. The lowest BCUT2D eigenvalue weighted by atomic mass is 10.2. The Kier molecular flexibility index (Phi) is 2.73. The number of hydrogen-bond acceptors (Lipinski definition) is 3. The van der Waals surface area contributed by atoms with Crippen molar-refractivity contribution < 1.29 is 8.42 Å². The summed E-state index contributed by atoms with van der Waals surface area (Å²) >= 11 is 5.75. The van der Waals surface area contributed by atoms with Crippen molar-refractivity contribution in [3.8, 4) is 11.4 Å². The van der Waals surface area contributed by atoms with Crippen molar-refractivity contribution in [2.45, 2.75) is 5.03 Å². The first-order valence-electron chi connectivity index (χ1n) is 4.48. The molecule has 1 heterocycles. The van der Waals surface area contributed by atoms with Gasteiger partial charge in [0.15, 0.2) is 14.9 Å². The number of imidazole rings is 1. The van der Waals surface area contributed by atoms with Crippen LogP contribution in [0.25, 0.3) is 11.4 Å². The minimum Gasteiger partial charge on any atom is -0.329 e. The molecule has 0 saturated heterocycles. The third-order valence-corrected chi connectivity index (χ3v) is 3.33. The monoisotopic (exact) mass is 256 g/mol. The Hall–Kier alpha value is -1.33. The summed E-state index contributed by atoms with van der Waals surface area (Å²) in [5, 5.41) is 0.732. The number of nitrogens with one attached hydrogen (secondary N) is 1. The van der Waals surface area contributed by atoms with E-state index in [2.05, 4.69) is 9.97 Å². The first-order chi connectivity index (χ1) is 7.47. The molecule has 1 aromatic heterocycles. The smallest absolute Gasteiger partial charge is 0.192 e. The summed E-state index contributed by atoms with van der Waals surface area (Å²) in [7, 11) is -3.24. The average Bonchev–Trinajstić information content (AvgIpc) is 2.67. The molecule has 0 amide bonds. The summed E-state index contributed by atoms with van der Waals surface area (Å²) in [4.78, 5) is 6.75. The SMILES string of the molecule is CS(=O)(=O)c1cnc(-c2ccc(Cl)cc2)[nH]1. The number of halogens is 1. The van der Waals surface area contributed by atoms with Gasteiger partial charge in [-0.25, -0.2) is 13.4 Å². The number of rotatable bonds is 2. The molecule has 0 aliphatic rings. The molecule has 4 nitrogen and oxygen atoms in total. The molecule has 0 unspecified atom stereocenters. The Morgan fingerprint density at radius 1 is 1.25 bits per heavy atom. The van der Waals surface area contributed by atoms with Gasteiger partial charge in [-0.3, -0.25) is 0 Å². The Morgan fingerprint density at radius 3 is 2.38 bits per heavy atom. The fraction of sp³-hybridized carbons (Fsp3) is 0.100. The van der Waals surface area contributed by atoms with E-state index in [-0.39, 0.29) is 5.03 Å². The molecule has 84 valence electrons. The van der Waals surface area contributed by atoms with E-state index in [1.54, 1.807) is 24.3 Å². The van der Waals surface area contributed by atoms with Crippen LogP contribution in [0, 0.1) is 0 Å². The highest BCUT2D eigenvalue weighted by molar-refractivity contribution is 7.90. The minimum atomic E-state index is -3.24. The molecule has 0 aliphatic carbocycles. The van der Waals surface area contributed by atoms with Gasteiger partial charge in [-0.15, -0.1) is 0 Å². The summed E-state index contributed by atoms with van der Waals surface area (Å²) in [6.45, 7) is 0. The van der Waals surface area contributed by atoms with Gasteiger partial charge in [0.2, 0.25) is 0 Å². The second-order valence-electron chi connectivity index (χ2n) is 3.38. The molecule has 1 N–H and O–H groups in total. The van der Waals surface area contributed by atoms with Gasteiger partial charge in [-0.05, 0) is 24.3 Å². The molecule has 0 spiro atoms. The number of aromatic amines is 1. The van der Waals surface area contributed by atoms with Crippen molar-refractivity contribution in [1.82, 2.24) is 9.97 Å². The van der Waals surface area contributed by atoms with E-state index < -0.39 is 9.84 Å². The second-order valence-corrected chi connectivity index (χ2v) is 5.80. The molecule has 0 saturated carbocycles. The van der Waals surface area contributed by atoms with Crippen LogP contribution >= 0.6 is 11.6 Å². The summed E-state index contributed by atoms with van der Waals surface area (Å²) in [6, 6.07) is 6.99. The predicted molar refractivity (Wildman–Crippen MR) is 62.1 cm³/mol. The van der Waals surface area contributed by atoms with Crippen LogP contribution < -0.4 is 0 Å². The molecular formula is C10H9ClN2O2S. The fourth-order valence-corrected chi connectivity index (χ4v) is 1.90. The molecule has 2 aromatic rings. The molecule has 16 heavy (non-hydrogen) atoms. The summed E-state index contributed by atoms with van der Waals surface area (Å²) in [5.74, 6) is 0.511. The average molecular weight is 257 g/mol. The summed E-state index contributed by atoms with van der Waals surface area (Å²) in [5.41, 5.74) is 0.791. The Labute approximate surface area is 98.2 Å². The van der Waals surface area contributed by atoms with Gasteiger partial charge in [0.25, 0.3) is 0 Å². The standard InChI is InChI=1S/C10H9ClN2O2S/c1-16(14,15)9-6-12-10(13-9)7-2-4-8(11)5-3-7/h2-6H,1H3,(H,12,13). The van der Waals surface area contributed by atoms with Crippen molar-refractivity contribution in [2.75, 3.05) is 6.26 Å². The highest BCUT2D eigenvalue weighted by Gasteiger charge is 2.11. The predicted octanol–water partition coefficient (Wildman–Crippen LogP) is 2.13. The third kappa shape index (κ3) is 2.25. The molecule has 1 aromatic carbocycles. The van der Waals surface area contributed by atoms with E-state index in [0.29, 0.717) is 10.8 Å². The molecule has 0 fully saturated rings. The summed E-state index contributed by atoms with van der Waals surface area (Å²) in [6.07, 6.45) is 2.44. The maximum Gasteiger partial charge on any atom is 0.192 e. The largest absolute Gasteiger partial charge is 0.329 e. The highest BCUT2D eigenvalue weighted by atomic mass is 35.5. The molecule has 0 atom stereocenters. The van der Waals surface area contributed by atoms with Crippen LogP contribution in [0.1, 0.15) is 0 Å². The van der Waals surface area contributed by atoms with Gasteiger partial charge in [0, 0.05) is 16.8 Å². The maximum atomic E-state index is 11.2. The Bertz CT molecular complexity index is 602. The molecular weight excluding hydrogens is 248 g/mol. The van der Waals surface area contributed by atoms with Crippen LogP contribution in [0.4, 0.5) is 0 Å². The van der Waals surface area contributed by atoms with E-state index in [0.717, 1.165) is 11.8 Å². The van der Waals surface area contributed by atoms with Gasteiger partial charge >= 0.3 is 0 Å². The molecule has 2 rings (SSSR count). The quantitative estimate of drug-likeness (QED) is 0.895. The van der Waals surface area contributed by atoms with Gasteiger partial charge in [0.05, 0.1) is 6.20 Å². The number of hydrogen-bond donors (Lipinski definition) is 1. The minimum absolute atomic E-state index is 0.109. The normalized spacial score (nSPS) is 11.6. The van der Waals surface area contributed by atoms with Crippen LogP contribution in [0.5, 0.6) is 0 Å². The number of nitrogens with zero attached hydrogens (tertiary/aromatic N) is 1. The first-order valence-corrected chi connectivity index (χ1v) is 6.75. The second kappa shape index (κ2) is 3.92. The van der Waals surface area contributed by atoms with Crippen LogP contribution in [-0.4, -0.2) is 24.6 Å². The Morgan fingerprint density at radius 2 is 1.88 bits per heavy atom. The van der Waals surface area contributed by atoms with Crippen LogP contribution in [0.3, 0.4) is 0 Å². The van der Waals surface area contributed by atoms with Crippen molar-refractivity contribution >= 4 is 21.4 Å². The highest BCUT2D eigenvalue weighted by Crippen LogP contribution is 2.19. The maximum absolute atomic E-state index is 11.2. The first kappa shape index (κ1) is 11.2. The van der Waals surface area contributed by atoms with Gasteiger partial charge < -0.3 is 4.98 Å². The molecule has 0 radical (unpaired) electrons. The number of H-pyrrole nitrogens is 1. The van der Waals surface area contributed by atoms with E-state index in [9.17, 15) is 8.42 Å². The van der Waals surface area contributed by atoms with E-state index in [4.69, 9.17) is 11.6 Å². The van der Waals surface area contributed by atoms with E-state index in [1.165, 1.54) is 6.20 Å². The van der Waals surface area contributed by atoms with Crippen LogP contribution in [0.15, 0.2) is 35.5 Å². The van der Waals surface area contributed by atoms with Crippen molar-refractivity contribution in [1.29, 1.82) is 0 Å². The summed E-state index contributed by atoms with van der Waals surface area (Å²) < 4.78 is 22.5. The van der Waals surface area contributed by atoms with Gasteiger partial charge in [0.1, 0.15) is 5.82 Å². The molecule has 0 bridgehead atoms. The molecule has 0 aliphatic heterocycles. The Balaban J connectivity index is 2.43. The fourth-order valence-electron chi connectivity index (χ4n) is 1.25. The van der Waals surface area contributed by atoms with Crippen LogP contribution in [-0.2, 0) is 9.84 Å². The van der Waals surface area contributed by atoms with Gasteiger partial charge in [-0.2, -0.15) is 0 Å². The van der Waals surface area contributed by atoms with E-state index >= 15 is 0 Å². The third-order valence-electron chi connectivity index (χ3n) is 2.07. The van der Waals surface area contributed by atoms with Crippen molar-refractivity contribution in [3.05, 3.63) is 35.5 Å². The number of sulfone groups is 1. The number of benzene rings is 1. The molecule has 6 heteroatoms. The van der Waals surface area contributed by atoms with Crippen molar-refractivity contribution in [3.63, 3.8) is 0 Å². The van der Waals surface area contributed by atoms with Gasteiger partial charge in [-0.1, -0.05) is 11.6 Å².